The van der Waals surface area contributed by atoms with Crippen LogP contribution in [0, 0.1) is 39.9 Å². The van der Waals surface area contributed by atoms with E-state index in [9.17, 15) is 15.8 Å². The van der Waals surface area contributed by atoms with Crippen molar-refractivity contribution < 1.29 is 0 Å². The summed E-state index contributed by atoms with van der Waals surface area (Å²) >= 11 is 0. The Morgan fingerprint density at radius 1 is 1.17 bits per heavy atom. The summed E-state index contributed by atoms with van der Waals surface area (Å²) in [6.07, 6.45) is 0. The number of fused-ring (bicyclic) bond motifs is 2. The number of anilines is 1. The molecule has 2 heterocycles. The summed E-state index contributed by atoms with van der Waals surface area (Å²) in [5.74, 6) is -1.02. The largest absolute Gasteiger partial charge is 0.345 e. The molecule has 0 spiro atoms. The van der Waals surface area contributed by atoms with Crippen molar-refractivity contribution in [1.29, 1.82) is 15.8 Å². The van der Waals surface area contributed by atoms with E-state index in [2.05, 4.69) is 31.0 Å². The van der Waals surface area contributed by atoms with Crippen LogP contribution in [-0.2, 0) is 5.41 Å². The van der Waals surface area contributed by atoms with E-state index in [4.69, 9.17) is 0 Å². The van der Waals surface area contributed by atoms with Gasteiger partial charge in [0.2, 0.25) is 0 Å². The monoisotopic (exact) mass is 301 g/mol. The molecule has 1 aromatic rings. The van der Waals surface area contributed by atoms with Gasteiger partial charge in [0.25, 0.3) is 0 Å². The number of rotatable bonds is 1. The maximum atomic E-state index is 9.62. The first-order valence-corrected chi connectivity index (χ1v) is 7.32. The van der Waals surface area contributed by atoms with E-state index in [1.165, 1.54) is 0 Å². The van der Waals surface area contributed by atoms with E-state index in [1.54, 1.807) is 0 Å². The summed E-state index contributed by atoms with van der Waals surface area (Å²) in [6.45, 7) is 4.16. The highest BCUT2D eigenvalue weighted by atomic mass is 15.2. The Morgan fingerprint density at radius 3 is 2.43 bits per heavy atom. The third-order valence-corrected chi connectivity index (χ3v) is 4.69. The third-order valence-electron chi connectivity index (χ3n) is 4.69. The first-order chi connectivity index (χ1) is 11.0. The van der Waals surface area contributed by atoms with Crippen LogP contribution < -0.4 is 4.90 Å². The Kier molecular flexibility index (Phi) is 3.20. The molecule has 0 saturated heterocycles. The van der Waals surface area contributed by atoms with Crippen LogP contribution >= 0.6 is 0 Å². The van der Waals surface area contributed by atoms with E-state index >= 15 is 0 Å². The molecule has 112 valence electrons. The average molecular weight is 301 g/mol. The number of benzene rings is 1. The fraction of sp³-hybridized carbons (Fsp3) is 0.333. The molecular formula is C18H15N5. The van der Waals surface area contributed by atoms with Crippen molar-refractivity contribution >= 4 is 11.4 Å². The highest BCUT2D eigenvalue weighted by molar-refractivity contribution is 6.11. The van der Waals surface area contributed by atoms with Crippen molar-refractivity contribution in [2.24, 2.45) is 10.9 Å². The second kappa shape index (κ2) is 4.97. The van der Waals surface area contributed by atoms with Gasteiger partial charge in [-0.15, -0.1) is 0 Å². The summed E-state index contributed by atoms with van der Waals surface area (Å²) in [5.41, 5.74) is 3.28. The number of aliphatic imine (C=N–C) groups is 1. The Labute approximate surface area is 135 Å². The molecule has 5 nitrogen and oxygen atoms in total. The molecule has 2 aliphatic heterocycles. The molecule has 0 saturated carbocycles. The van der Waals surface area contributed by atoms with Crippen molar-refractivity contribution in [3.8, 4) is 18.2 Å². The van der Waals surface area contributed by atoms with Crippen LogP contribution in [0.15, 0.2) is 40.5 Å². The molecule has 0 bridgehead atoms. The lowest BCUT2D eigenvalue weighted by Crippen LogP contribution is -2.43. The average Bonchev–Trinajstić information content (AvgIpc) is 2.95. The number of nitriles is 3. The minimum Gasteiger partial charge on any atom is -0.345 e. The molecule has 0 radical (unpaired) electrons. The fourth-order valence-electron chi connectivity index (χ4n) is 3.46. The lowest BCUT2D eigenvalue weighted by molar-refractivity contribution is 0.437. The van der Waals surface area contributed by atoms with Crippen LogP contribution in [0.4, 0.5) is 5.69 Å². The Hall–Kier alpha value is -3.10. The van der Waals surface area contributed by atoms with Crippen LogP contribution in [0.1, 0.15) is 19.4 Å². The van der Waals surface area contributed by atoms with Crippen LogP contribution in [0.3, 0.4) is 0 Å². The van der Waals surface area contributed by atoms with Crippen LogP contribution in [0.2, 0.25) is 0 Å². The van der Waals surface area contributed by atoms with Gasteiger partial charge in [0.1, 0.15) is 12.1 Å². The van der Waals surface area contributed by atoms with Gasteiger partial charge in [0.15, 0.2) is 5.92 Å². The molecule has 1 atom stereocenters. The summed E-state index contributed by atoms with van der Waals surface area (Å²) in [6, 6.07) is 13.8. The van der Waals surface area contributed by atoms with Crippen molar-refractivity contribution in [3.05, 3.63) is 41.1 Å². The minimum atomic E-state index is -1.02. The third kappa shape index (κ3) is 1.86. The number of likely N-dealkylation sites (N-methyl/N-ethyl adjacent to an activating group) is 1. The maximum Gasteiger partial charge on any atom is 0.175 e. The van der Waals surface area contributed by atoms with E-state index in [0.717, 1.165) is 16.9 Å². The Bertz CT molecular complexity index is 856. The molecular weight excluding hydrogens is 286 g/mol. The molecule has 0 N–H and O–H groups in total. The number of nitrogens with zero attached hydrogens (tertiary/aromatic N) is 5. The van der Waals surface area contributed by atoms with Gasteiger partial charge in [-0.05, 0) is 11.6 Å². The standard InChI is InChI=1S/C18H15N5/c1-18(2)13-6-4-5-7-14(13)23(3)16-12(10-21)15(22-17(16)18)11(8-19)9-20/h4-7,11,17H,1-3H3/t17-/m0/s1. The first kappa shape index (κ1) is 14.8. The van der Waals surface area contributed by atoms with E-state index in [1.807, 2.05) is 42.3 Å². The zero-order valence-corrected chi connectivity index (χ0v) is 13.2. The Balaban J connectivity index is 2.29. The van der Waals surface area contributed by atoms with Gasteiger partial charge in [-0.25, -0.2) is 0 Å². The lowest BCUT2D eigenvalue weighted by Gasteiger charge is -2.43. The van der Waals surface area contributed by atoms with Crippen LogP contribution in [0.25, 0.3) is 0 Å². The van der Waals surface area contributed by atoms with Crippen molar-refractivity contribution in [2.75, 3.05) is 11.9 Å². The number of allylic oxidation sites excluding steroid dienone is 1. The zero-order valence-electron chi connectivity index (χ0n) is 13.2. The predicted molar refractivity (Wildman–Crippen MR) is 86.4 cm³/mol. The second-order valence-electron chi connectivity index (χ2n) is 6.28. The van der Waals surface area contributed by atoms with Crippen LogP contribution in [0.5, 0.6) is 0 Å². The van der Waals surface area contributed by atoms with Gasteiger partial charge in [-0.2, -0.15) is 15.8 Å². The van der Waals surface area contributed by atoms with Gasteiger partial charge in [-0.3, -0.25) is 4.99 Å². The molecule has 1 aromatic carbocycles. The highest BCUT2D eigenvalue weighted by Crippen LogP contribution is 2.48. The van der Waals surface area contributed by atoms with E-state index in [-0.39, 0.29) is 11.5 Å². The van der Waals surface area contributed by atoms with Crippen LogP contribution in [-0.4, -0.2) is 18.8 Å². The fourth-order valence-corrected chi connectivity index (χ4v) is 3.46. The maximum absolute atomic E-state index is 9.62. The van der Waals surface area contributed by atoms with E-state index < -0.39 is 5.92 Å². The van der Waals surface area contributed by atoms with E-state index in [0.29, 0.717) is 11.3 Å². The normalized spacial score (nSPS) is 21.0. The summed E-state index contributed by atoms with van der Waals surface area (Å²) in [4.78, 5) is 6.60. The quantitative estimate of drug-likeness (QED) is 0.798. The summed E-state index contributed by atoms with van der Waals surface area (Å²) < 4.78 is 0. The second-order valence-corrected chi connectivity index (χ2v) is 6.28. The predicted octanol–water partition coefficient (Wildman–Crippen LogP) is 2.68. The molecule has 0 fully saturated rings. The summed E-state index contributed by atoms with van der Waals surface area (Å²) in [7, 11) is 1.90. The van der Waals surface area contributed by atoms with Gasteiger partial charge < -0.3 is 4.90 Å². The van der Waals surface area contributed by atoms with Gasteiger partial charge in [0.05, 0.1) is 29.1 Å². The molecule has 0 aliphatic carbocycles. The first-order valence-electron chi connectivity index (χ1n) is 7.32. The molecule has 3 rings (SSSR count). The highest BCUT2D eigenvalue weighted by Gasteiger charge is 2.48. The summed E-state index contributed by atoms with van der Waals surface area (Å²) in [5, 5.41) is 28.0. The smallest absolute Gasteiger partial charge is 0.175 e. The topological polar surface area (TPSA) is 87.0 Å². The number of hydrogen-bond acceptors (Lipinski definition) is 5. The molecule has 5 heteroatoms. The Morgan fingerprint density at radius 2 is 1.83 bits per heavy atom. The van der Waals surface area contributed by atoms with Crippen molar-refractivity contribution in [1.82, 2.24) is 0 Å². The molecule has 0 unspecified atom stereocenters. The number of hydrogen-bond donors (Lipinski definition) is 0. The van der Waals surface area contributed by atoms with Crippen molar-refractivity contribution in [2.45, 2.75) is 25.3 Å². The van der Waals surface area contributed by atoms with Gasteiger partial charge >= 0.3 is 0 Å². The molecule has 0 amide bonds. The molecule has 0 aromatic heterocycles. The SMILES string of the molecule is CN1C2=C(C#N)C(C(C#N)C#N)=N[C@@H]2C(C)(C)c2ccccc21. The van der Waals surface area contributed by atoms with Crippen molar-refractivity contribution in [3.63, 3.8) is 0 Å². The minimum absolute atomic E-state index is 0.267. The number of para-hydroxylation sites is 1. The molecule has 23 heavy (non-hydrogen) atoms. The van der Waals surface area contributed by atoms with Gasteiger partial charge in [0, 0.05) is 18.2 Å². The molecule has 2 aliphatic rings. The lowest BCUT2D eigenvalue weighted by atomic mass is 9.72. The van der Waals surface area contributed by atoms with Gasteiger partial charge in [-0.1, -0.05) is 32.0 Å². The zero-order chi connectivity index (χ0) is 16.8.